The molecule has 0 bridgehead atoms. The number of Topliss-reactive ketones (excluding diaryl/α,β-unsaturated/α-hetero) is 1. The van der Waals surface area contributed by atoms with Gasteiger partial charge < -0.3 is 15.3 Å². The summed E-state index contributed by atoms with van der Waals surface area (Å²) in [7, 11) is 2.74. The summed E-state index contributed by atoms with van der Waals surface area (Å²) >= 11 is 1.67. The first kappa shape index (κ1) is 20.7. The molecule has 0 saturated heterocycles. The number of benzene rings is 2. The molecule has 2 N–H and O–H groups in total. The second-order valence-corrected chi connectivity index (χ2v) is 6.74. The highest BCUT2D eigenvalue weighted by molar-refractivity contribution is 7.98. The summed E-state index contributed by atoms with van der Waals surface area (Å²) in [5.74, 6) is -1.86. The first-order chi connectivity index (χ1) is 12.9. The highest BCUT2D eigenvalue weighted by Crippen LogP contribution is 2.23. The van der Waals surface area contributed by atoms with Crippen molar-refractivity contribution in [2.75, 3.05) is 27.0 Å². The van der Waals surface area contributed by atoms with Crippen LogP contribution >= 0.6 is 11.8 Å². The summed E-state index contributed by atoms with van der Waals surface area (Å²) < 4.78 is 0. The highest BCUT2D eigenvalue weighted by atomic mass is 32.2. The van der Waals surface area contributed by atoms with E-state index >= 15 is 0 Å². The summed E-state index contributed by atoms with van der Waals surface area (Å²) in [5, 5.41) is 11.4. The Morgan fingerprint density at radius 2 is 1.56 bits per heavy atom. The molecule has 0 spiro atoms. The normalized spacial score (nSPS) is 11.6. The first-order valence-electron chi connectivity index (χ1n) is 8.29. The van der Waals surface area contributed by atoms with Crippen LogP contribution in [0.25, 0.3) is 11.1 Å². The van der Waals surface area contributed by atoms with Crippen LogP contribution in [0.2, 0.25) is 0 Å². The van der Waals surface area contributed by atoms with Crippen LogP contribution in [0.1, 0.15) is 10.4 Å². The number of hydrogen-bond acceptors (Lipinski definition) is 5. The van der Waals surface area contributed by atoms with Crippen LogP contribution in [-0.2, 0) is 9.59 Å². The van der Waals surface area contributed by atoms with Crippen molar-refractivity contribution in [3.63, 3.8) is 0 Å². The number of aliphatic hydroxyl groups is 1. The maximum atomic E-state index is 12.7. The molecule has 0 aliphatic heterocycles. The van der Waals surface area contributed by atoms with Crippen LogP contribution in [0.15, 0.2) is 53.4 Å². The fourth-order valence-corrected chi connectivity index (χ4v) is 3.08. The van der Waals surface area contributed by atoms with Crippen molar-refractivity contribution < 1.29 is 19.5 Å². The molecule has 1 atom stereocenters. The van der Waals surface area contributed by atoms with Crippen LogP contribution in [0.5, 0.6) is 0 Å². The zero-order chi connectivity index (χ0) is 20.0. The van der Waals surface area contributed by atoms with Gasteiger partial charge in [0.05, 0.1) is 0 Å². The van der Waals surface area contributed by atoms with E-state index in [1.807, 2.05) is 42.7 Å². The van der Waals surface area contributed by atoms with E-state index in [1.54, 1.807) is 23.9 Å². The molecule has 0 heterocycles. The van der Waals surface area contributed by atoms with E-state index in [0.29, 0.717) is 5.56 Å². The van der Waals surface area contributed by atoms with Gasteiger partial charge in [-0.25, -0.2) is 0 Å². The number of aliphatic hydroxyl groups excluding tert-OH is 1. The number of likely N-dealkylation sites (N-methyl/N-ethyl adjacent to an activating group) is 2. The number of carbonyl (C=O) groups is 3. The molecule has 6 nitrogen and oxygen atoms in total. The highest BCUT2D eigenvalue weighted by Gasteiger charge is 2.32. The number of rotatable bonds is 7. The van der Waals surface area contributed by atoms with Gasteiger partial charge in [-0.2, -0.15) is 0 Å². The van der Waals surface area contributed by atoms with Crippen LogP contribution in [-0.4, -0.2) is 60.6 Å². The third-order valence-corrected chi connectivity index (χ3v) is 4.96. The monoisotopic (exact) mass is 386 g/mol. The molecule has 2 aromatic carbocycles. The first-order valence-corrected chi connectivity index (χ1v) is 9.52. The van der Waals surface area contributed by atoms with Crippen LogP contribution in [0, 0.1) is 0 Å². The summed E-state index contributed by atoms with van der Waals surface area (Å²) in [5.41, 5.74) is 2.33. The van der Waals surface area contributed by atoms with E-state index in [1.165, 1.54) is 19.0 Å². The van der Waals surface area contributed by atoms with E-state index in [2.05, 4.69) is 5.32 Å². The molecule has 0 aromatic heterocycles. The Hall–Kier alpha value is -2.64. The van der Waals surface area contributed by atoms with E-state index in [0.717, 1.165) is 16.0 Å². The maximum Gasteiger partial charge on any atom is 0.254 e. The molecule has 1 unspecified atom stereocenters. The molecule has 0 saturated carbocycles. The second kappa shape index (κ2) is 9.34. The lowest BCUT2D eigenvalue weighted by Gasteiger charge is -2.25. The fourth-order valence-electron chi connectivity index (χ4n) is 2.67. The zero-order valence-electron chi connectivity index (χ0n) is 15.4. The number of ketones is 1. The SMILES string of the molecule is CNC(=O)C(C(=O)CO)N(C)C(=O)c1ccc(-c2ccc(SC)cc2)cc1. The number of amides is 2. The molecule has 2 rings (SSSR count). The van der Waals surface area contributed by atoms with E-state index < -0.39 is 30.2 Å². The lowest BCUT2D eigenvalue weighted by molar-refractivity contribution is -0.135. The van der Waals surface area contributed by atoms with Gasteiger partial charge in [0.1, 0.15) is 6.61 Å². The van der Waals surface area contributed by atoms with E-state index in [4.69, 9.17) is 5.11 Å². The molecule has 2 amide bonds. The van der Waals surface area contributed by atoms with E-state index in [-0.39, 0.29) is 0 Å². The van der Waals surface area contributed by atoms with Gasteiger partial charge in [-0.05, 0) is 41.6 Å². The van der Waals surface area contributed by atoms with Gasteiger partial charge in [0, 0.05) is 24.6 Å². The number of carbonyl (C=O) groups excluding carboxylic acids is 3. The van der Waals surface area contributed by atoms with Gasteiger partial charge in [0.25, 0.3) is 5.91 Å². The van der Waals surface area contributed by atoms with Crippen molar-refractivity contribution in [3.05, 3.63) is 54.1 Å². The average Bonchev–Trinajstić information content (AvgIpc) is 2.73. The Kier molecular flexibility index (Phi) is 7.15. The molecule has 0 radical (unpaired) electrons. The summed E-state index contributed by atoms with van der Waals surface area (Å²) in [4.78, 5) is 38.7. The van der Waals surface area contributed by atoms with Gasteiger partial charge in [0.15, 0.2) is 11.8 Å². The molecular formula is C20H22N2O4S. The quantitative estimate of drug-likeness (QED) is 0.560. The van der Waals surface area contributed by atoms with Crippen molar-refractivity contribution in [2.45, 2.75) is 10.9 Å². The third-order valence-electron chi connectivity index (χ3n) is 4.22. The largest absolute Gasteiger partial charge is 0.388 e. The topological polar surface area (TPSA) is 86.7 Å². The lowest BCUT2D eigenvalue weighted by atomic mass is 10.0. The predicted molar refractivity (Wildman–Crippen MR) is 106 cm³/mol. The van der Waals surface area contributed by atoms with Crippen molar-refractivity contribution in [2.24, 2.45) is 0 Å². The number of thioether (sulfide) groups is 1. The van der Waals surface area contributed by atoms with Gasteiger partial charge >= 0.3 is 0 Å². The standard InChI is InChI=1S/C20H22N2O4S/c1-21-19(25)18(17(24)12-23)22(2)20(26)15-6-4-13(5-7-15)14-8-10-16(27-3)11-9-14/h4-11,18,23H,12H2,1-3H3,(H,21,25). The Balaban J connectivity index is 2.22. The van der Waals surface area contributed by atoms with Crippen LogP contribution in [0.4, 0.5) is 0 Å². The van der Waals surface area contributed by atoms with Crippen molar-refractivity contribution in [1.82, 2.24) is 10.2 Å². The summed E-state index contributed by atoms with van der Waals surface area (Å²) in [6.45, 7) is -0.819. The lowest BCUT2D eigenvalue weighted by Crippen LogP contribution is -2.52. The molecule has 0 aliphatic carbocycles. The minimum absolute atomic E-state index is 0.349. The third kappa shape index (κ3) is 4.75. The minimum Gasteiger partial charge on any atom is -0.388 e. The molecule has 7 heteroatoms. The van der Waals surface area contributed by atoms with Gasteiger partial charge in [0.2, 0.25) is 5.91 Å². The molecule has 0 aliphatic rings. The Labute approximate surface area is 162 Å². The number of nitrogens with zero attached hydrogens (tertiary/aromatic N) is 1. The van der Waals surface area contributed by atoms with Crippen LogP contribution in [0.3, 0.4) is 0 Å². The van der Waals surface area contributed by atoms with Gasteiger partial charge in [-0.1, -0.05) is 24.3 Å². The molecule has 27 heavy (non-hydrogen) atoms. The minimum atomic E-state index is -1.37. The zero-order valence-corrected chi connectivity index (χ0v) is 16.2. The summed E-state index contributed by atoms with van der Waals surface area (Å²) in [6.07, 6.45) is 2.01. The van der Waals surface area contributed by atoms with Crippen molar-refractivity contribution >= 4 is 29.4 Å². The van der Waals surface area contributed by atoms with Gasteiger partial charge in [-0.3, -0.25) is 14.4 Å². The summed E-state index contributed by atoms with van der Waals surface area (Å²) in [6, 6.07) is 13.7. The average molecular weight is 386 g/mol. The molecule has 0 fully saturated rings. The molecule has 142 valence electrons. The Bertz CT molecular complexity index is 803. The van der Waals surface area contributed by atoms with E-state index in [9.17, 15) is 14.4 Å². The molecule has 2 aromatic rings. The smallest absolute Gasteiger partial charge is 0.254 e. The Morgan fingerprint density at radius 3 is 2.00 bits per heavy atom. The van der Waals surface area contributed by atoms with Gasteiger partial charge in [-0.15, -0.1) is 11.8 Å². The van der Waals surface area contributed by atoms with Crippen LogP contribution < -0.4 is 5.32 Å². The predicted octanol–water partition coefficient (Wildman–Crippen LogP) is 1.82. The second-order valence-electron chi connectivity index (χ2n) is 5.86. The molecular weight excluding hydrogens is 364 g/mol. The number of hydrogen-bond donors (Lipinski definition) is 2. The number of nitrogens with one attached hydrogen (secondary N) is 1. The fraction of sp³-hybridized carbons (Fsp3) is 0.250. The Morgan fingerprint density at radius 1 is 1.04 bits per heavy atom. The van der Waals surface area contributed by atoms with Crippen molar-refractivity contribution in [3.8, 4) is 11.1 Å². The maximum absolute atomic E-state index is 12.7. The van der Waals surface area contributed by atoms with Crippen molar-refractivity contribution in [1.29, 1.82) is 0 Å².